The summed E-state index contributed by atoms with van der Waals surface area (Å²) < 4.78 is 5.38. The highest BCUT2D eigenvalue weighted by Gasteiger charge is 2.54. The molecule has 2 aromatic carbocycles. The van der Waals surface area contributed by atoms with Crippen LogP contribution in [0.15, 0.2) is 65.9 Å². The molecule has 2 atom stereocenters. The molecule has 244 valence electrons. The van der Waals surface area contributed by atoms with Crippen LogP contribution in [-0.2, 0) is 32.0 Å². The van der Waals surface area contributed by atoms with Crippen molar-refractivity contribution in [2.75, 3.05) is 19.6 Å². The van der Waals surface area contributed by atoms with Crippen LogP contribution >= 0.6 is 0 Å². The van der Waals surface area contributed by atoms with Gasteiger partial charge in [-0.25, -0.2) is 9.80 Å². The lowest BCUT2D eigenvalue weighted by atomic mass is 9.73. The predicted octanol–water partition coefficient (Wildman–Crippen LogP) is 4.18. The van der Waals surface area contributed by atoms with E-state index in [4.69, 9.17) is 4.74 Å². The summed E-state index contributed by atoms with van der Waals surface area (Å²) in [6.45, 7) is 11.2. The molecule has 0 aliphatic carbocycles. The lowest BCUT2D eigenvalue weighted by molar-refractivity contribution is -0.143. The molecule has 46 heavy (non-hydrogen) atoms. The zero-order valence-electron chi connectivity index (χ0n) is 27.5. The standard InChI is InChI=1S/C35H44N6O5/c1-7-41-31(44)35(20-23-13-9-8-10-14-23)22-40(18-17-28(35)39-41)29(42)27(19-24-21-36-26-16-12-11-15-25(24)26)37-30(43)34(5,6)38-32(45)46-33(2,3)4/h8-16,21,27,36H,7,17-20,22H2,1-6H3,(H,37,43)(H,38,45)/t27-,35+/m1/s1. The molecule has 11 heteroatoms. The molecule has 0 spiro atoms. The number of nitrogens with one attached hydrogen (secondary N) is 3. The van der Waals surface area contributed by atoms with Crippen LogP contribution < -0.4 is 10.6 Å². The van der Waals surface area contributed by atoms with Gasteiger partial charge < -0.3 is 25.3 Å². The van der Waals surface area contributed by atoms with Crippen LogP contribution in [-0.4, -0.2) is 81.2 Å². The van der Waals surface area contributed by atoms with Crippen molar-refractivity contribution in [2.24, 2.45) is 10.5 Å². The molecule has 3 N–H and O–H groups in total. The van der Waals surface area contributed by atoms with E-state index < -0.39 is 34.6 Å². The summed E-state index contributed by atoms with van der Waals surface area (Å²) in [6, 6.07) is 16.6. The van der Waals surface area contributed by atoms with Gasteiger partial charge >= 0.3 is 6.09 Å². The Balaban J connectivity index is 1.44. The van der Waals surface area contributed by atoms with Gasteiger partial charge in [-0.1, -0.05) is 48.5 Å². The van der Waals surface area contributed by atoms with Crippen molar-refractivity contribution in [3.8, 4) is 0 Å². The van der Waals surface area contributed by atoms with Crippen LogP contribution in [0, 0.1) is 5.41 Å². The normalized spacial score (nSPS) is 19.0. The maximum atomic E-state index is 14.5. The molecule has 2 aliphatic heterocycles. The van der Waals surface area contributed by atoms with E-state index in [1.54, 1.807) is 39.5 Å². The van der Waals surface area contributed by atoms with E-state index in [1.807, 2.05) is 67.7 Å². The molecular formula is C35H44N6O5. The summed E-state index contributed by atoms with van der Waals surface area (Å²) in [7, 11) is 0. The number of rotatable bonds is 9. The Bertz CT molecular complexity index is 1660. The fourth-order valence-electron chi connectivity index (χ4n) is 6.23. The SMILES string of the molecule is CCN1N=C2CCN(C(=O)[C@@H](Cc3c[nH]c4ccccc34)NC(=O)C(C)(C)NC(=O)OC(C)(C)C)C[C@]2(Cc2ccccc2)C1=O. The number of hydrogen-bond donors (Lipinski definition) is 3. The second-order valence-electron chi connectivity index (χ2n) is 13.7. The molecule has 3 heterocycles. The van der Waals surface area contributed by atoms with E-state index in [-0.39, 0.29) is 24.8 Å². The van der Waals surface area contributed by atoms with Gasteiger partial charge in [0.1, 0.15) is 22.6 Å². The van der Waals surface area contributed by atoms with Crippen molar-refractivity contribution in [3.63, 3.8) is 0 Å². The number of aromatic nitrogens is 1. The van der Waals surface area contributed by atoms with E-state index >= 15 is 0 Å². The van der Waals surface area contributed by atoms with E-state index in [0.29, 0.717) is 25.9 Å². The number of hydrogen-bond acceptors (Lipinski definition) is 6. The lowest BCUT2D eigenvalue weighted by Crippen LogP contribution is -2.62. The van der Waals surface area contributed by atoms with Crippen LogP contribution in [0.5, 0.6) is 0 Å². The van der Waals surface area contributed by atoms with Gasteiger partial charge in [-0.05, 0) is 65.2 Å². The zero-order chi connectivity index (χ0) is 33.3. The molecule has 0 saturated carbocycles. The maximum absolute atomic E-state index is 14.5. The van der Waals surface area contributed by atoms with Crippen molar-refractivity contribution in [1.82, 2.24) is 25.5 Å². The number of nitrogens with zero attached hydrogens (tertiary/aromatic N) is 3. The van der Waals surface area contributed by atoms with Crippen molar-refractivity contribution in [3.05, 3.63) is 71.9 Å². The van der Waals surface area contributed by atoms with E-state index in [9.17, 15) is 19.2 Å². The summed E-state index contributed by atoms with van der Waals surface area (Å²) in [5, 5.41) is 12.7. The summed E-state index contributed by atoms with van der Waals surface area (Å²) >= 11 is 0. The summed E-state index contributed by atoms with van der Waals surface area (Å²) in [5.74, 6) is -0.962. The van der Waals surface area contributed by atoms with Gasteiger partial charge in [-0.2, -0.15) is 5.10 Å². The Labute approximate surface area is 269 Å². The highest BCUT2D eigenvalue weighted by atomic mass is 16.6. The minimum Gasteiger partial charge on any atom is -0.444 e. The minimum absolute atomic E-state index is 0.119. The summed E-state index contributed by atoms with van der Waals surface area (Å²) in [5.41, 5.74) is 0.417. The lowest BCUT2D eigenvalue weighted by Gasteiger charge is -2.41. The highest BCUT2D eigenvalue weighted by Crippen LogP contribution is 2.39. The molecule has 1 fully saturated rings. The largest absolute Gasteiger partial charge is 0.444 e. The van der Waals surface area contributed by atoms with E-state index in [2.05, 4.69) is 20.7 Å². The molecule has 4 amide bonds. The minimum atomic E-state index is -1.39. The van der Waals surface area contributed by atoms with Crippen molar-refractivity contribution in [1.29, 1.82) is 0 Å². The number of H-pyrrole nitrogens is 1. The molecule has 0 radical (unpaired) electrons. The average Bonchev–Trinajstić information content (AvgIpc) is 3.53. The van der Waals surface area contributed by atoms with Gasteiger partial charge in [-0.3, -0.25) is 14.4 Å². The maximum Gasteiger partial charge on any atom is 0.408 e. The number of fused-ring (bicyclic) bond motifs is 2. The fourth-order valence-corrected chi connectivity index (χ4v) is 6.23. The van der Waals surface area contributed by atoms with Crippen LogP contribution in [0.2, 0.25) is 0 Å². The highest BCUT2D eigenvalue weighted by molar-refractivity contribution is 6.14. The second-order valence-corrected chi connectivity index (χ2v) is 13.7. The molecule has 2 aliphatic rings. The molecule has 0 unspecified atom stereocenters. The summed E-state index contributed by atoms with van der Waals surface area (Å²) in [6.07, 6.45) is 2.17. The number of aromatic amines is 1. The summed E-state index contributed by atoms with van der Waals surface area (Å²) in [4.78, 5) is 59.6. The number of alkyl carbamates (subject to hydrolysis) is 1. The third kappa shape index (κ3) is 6.78. The fraction of sp³-hybridized carbons (Fsp3) is 0.457. The number of likely N-dealkylation sites (tertiary alicyclic amines) is 1. The topological polar surface area (TPSA) is 136 Å². The van der Waals surface area contributed by atoms with Gasteiger partial charge in [0.2, 0.25) is 11.8 Å². The predicted molar refractivity (Wildman–Crippen MR) is 176 cm³/mol. The average molecular weight is 629 g/mol. The third-order valence-corrected chi connectivity index (χ3v) is 8.56. The van der Waals surface area contributed by atoms with Gasteiger partial charge in [0, 0.05) is 49.6 Å². The smallest absolute Gasteiger partial charge is 0.408 e. The number of carbonyl (C=O) groups excluding carboxylic acids is 4. The molecule has 0 bridgehead atoms. The number of amides is 4. The first-order valence-corrected chi connectivity index (χ1v) is 15.8. The van der Waals surface area contributed by atoms with Crippen LogP contribution in [0.4, 0.5) is 4.79 Å². The van der Waals surface area contributed by atoms with Gasteiger partial charge in [0.25, 0.3) is 5.91 Å². The number of ether oxygens (including phenoxy) is 1. The first-order valence-electron chi connectivity index (χ1n) is 15.8. The number of para-hydroxylation sites is 1. The third-order valence-electron chi connectivity index (χ3n) is 8.56. The molecule has 3 aromatic rings. The van der Waals surface area contributed by atoms with Gasteiger partial charge in [0.05, 0.1) is 5.71 Å². The second kappa shape index (κ2) is 12.6. The zero-order valence-corrected chi connectivity index (χ0v) is 27.5. The van der Waals surface area contributed by atoms with Crippen LogP contribution in [0.25, 0.3) is 10.9 Å². The van der Waals surface area contributed by atoms with Crippen molar-refractivity contribution >= 4 is 40.4 Å². The molecular weight excluding hydrogens is 584 g/mol. The first kappa shape index (κ1) is 32.7. The van der Waals surface area contributed by atoms with Crippen molar-refractivity contribution < 1.29 is 23.9 Å². The van der Waals surface area contributed by atoms with Gasteiger partial charge in [0.15, 0.2) is 0 Å². The van der Waals surface area contributed by atoms with Crippen LogP contribution in [0.1, 0.15) is 59.1 Å². The Morgan fingerprint density at radius 3 is 2.43 bits per heavy atom. The number of benzene rings is 2. The molecule has 1 aromatic heterocycles. The quantitative estimate of drug-likeness (QED) is 0.327. The molecule has 1 saturated heterocycles. The van der Waals surface area contributed by atoms with Crippen molar-refractivity contribution in [2.45, 2.75) is 78.0 Å². The molecule has 11 nitrogen and oxygen atoms in total. The Kier molecular flexibility index (Phi) is 8.97. The number of carbonyl (C=O) groups is 4. The first-order chi connectivity index (χ1) is 21.7. The number of piperidine rings is 1. The monoisotopic (exact) mass is 628 g/mol. The molecule has 5 rings (SSSR count). The Morgan fingerprint density at radius 2 is 1.74 bits per heavy atom. The van der Waals surface area contributed by atoms with Crippen LogP contribution in [0.3, 0.4) is 0 Å². The Morgan fingerprint density at radius 1 is 1.04 bits per heavy atom. The Hall–Kier alpha value is -4.67. The number of hydrazone groups is 1. The van der Waals surface area contributed by atoms with E-state index in [0.717, 1.165) is 27.7 Å². The van der Waals surface area contributed by atoms with Gasteiger partial charge in [-0.15, -0.1) is 0 Å². The van der Waals surface area contributed by atoms with E-state index in [1.165, 1.54) is 5.01 Å².